The van der Waals surface area contributed by atoms with Crippen molar-refractivity contribution >= 4 is 12.4 Å². The number of carbonyl (C=O) groups excluding carboxylic acids is 2. The normalized spacial score (nSPS) is 20.2. The highest BCUT2D eigenvalue weighted by Crippen LogP contribution is 2.32. The van der Waals surface area contributed by atoms with Crippen molar-refractivity contribution in [1.82, 2.24) is 5.32 Å². The lowest BCUT2D eigenvalue weighted by atomic mass is 9.79. The Hall–Kier alpha value is -1.06. The van der Waals surface area contributed by atoms with E-state index in [0.717, 1.165) is 12.7 Å². The lowest BCUT2D eigenvalue weighted by Crippen LogP contribution is -2.40. The lowest BCUT2D eigenvalue weighted by molar-refractivity contribution is -0.116. The van der Waals surface area contributed by atoms with E-state index in [1.54, 1.807) is 0 Å². The molecule has 1 amide bonds. The van der Waals surface area contributed by atoms with Gasteiger partial charge in [0.1, 0.15) is 11.9 Å². The quantitative estimate of drug-likeness (QED) is 0.614. The Kier molecular flexibility index (Phi) is 6.69. The third-order valence-electron chi connectivity index (χ3n) is 4.05. The van der Waals surface area contributed by atoms with Crippen molar-refractivity contribution in [2.24, 2.45) is 11.3 Å². The summed E-state index contributed by atoms with van der Waals surface area (Å²) >= 11 is 0. The summed E-state index contributed by atoms with van der Waals surface area (Å²) in [5.41, 5.74) is -1.01. The molecule has 0 aromatic heterocycles. The number of alkyl carbamates (subject to hydrolysis) is 1. The average Bonchev–Trinajstić information content (AvgIpc) is 2.63. The van der Waals surface area contributed by atoms with Gasteiger partial charge in [0.25, 0.3) is 0 Å². The van der Waals surface area contributed by atoms with Crippen LogP contribution in [-0.4, -0.2) is 24.5 Å². The van der Waals surface area contributed by atoms with Crippen molar-refractivity contribution in [3.05, 3.63) is 0 Å². The summed E-state index contributed by atoms with van der Waals surface area (Å²) in [4.78, 5) is 23.2. The van der Waals surface area contributed by atoms with Crippen molar-refractivity contribution in [2.45, 2.75) is 78.2 Å². The standard InChI is InChI=1S/C17H31NO3/c1-16(2,3)21-15(20)18-12-17(4,13-19)11-14-9-7-5-6-8-10-14/h13-14H,5-12H2,1-4H3,(H,18,20). The molecule has 21 heavy (non-hydrogen) atoms. The van der Waals surface area contributed by atoms with Crippen molar-refractivity contribution < 1.29 is 14.3 Å². The zero-order chi connectivity index (χ0) is 15.9. The van der Waals surface area contributed by atoms with Crippen LogP contribution >= 0.6 is 0 Å². The average molecular weight is 297 g/mol. The van der Waals surface area contributed by atoms with E-state index in [0.29, 0.717) is 12.5 Å². The van der Waals surface area contributed by atoms with Crippen molar-refractivity contribution in [3.8, 4) is 0 Å². The van der Waals surface area contributed by atoms with Gasteiger partial charge in [0, 0.05) is 12.0 Å². The van der Waals surface area contributed by atoms with Gasteiger partial charge in [-0.25, -0.2) is 4.79 Å². The highest BCUT2D eigenvalue weighted by atomic mass is 16.6. The molecule has 122 valence electrons. The topological polar surface area (TPSA) is 55.4 Å². The van der Waals surface area contributed by atoms with E-state index >= 15 is 0 Å². The molecular formula is C17H31NO3. The van der Waals surface area contributed by atoms with Gasteiger partial charge in [-0.3, -0.25) is 0 Å². The maximum absolute atomic E-state index is 11.7. The van der Waals surface area contributed by atoms with Gasteiger partial charge in [0.2, 0.25) is 0 Å². The smallest absolute Gasteiger partial charge is 0.407 e. The number of aldehydes is 1. The molecule has 1 aliphatic rings. The first-order valence-corrected chi connectivity index (χ1v) is 8.17. The summed E-state index contributed by atoms with van der Waals surface area (Å²) in [5.74, 6) is 0.600. The van der Waals surface area contributed by atoms with Crippen LogP contribution in [-0.2, 0) is 9.53 Å². The molecule has 0 spiro atoms. The van der Waals surface area contributed by atoms with Crippen LogP contribution in [0.3, 0.4) is 0 Å². The van der Waals surface area contributed by atoms with E-state index in [1.165, 1.54) is 38.5 Å². The van der Waals surface area contributed by atoms with Gasteiger partial charge in [-0.05, 0) is 33.1 Å². The molecule has 0 radical (unpaired) electrons. The molecule has 0 aromatic rings. The second-order valence-corrected chi connectivity index (χ2v) is 7.69. The zero-order valence-corrected chi connectivity index (χ0v) is 14.0. The molecule has 1 aliphatic carbocycles. The summed E-state index contributed by atoms with van der Waals surface area (Å²) in [6.07, 6.45) is 8.96. The third kappa shape index (κ3) is 7.49. The SMILES string of the molecule is CC(C=O)(CNC(=O)OC(C)(C)C)CC1CCCCCC1. The number of carbonyl (C=O) groups is 2. The molecule has 0 aromatic carbocycles. The van der Waals surface area contributed by atoms with Crippen LogP contribution in [0.2, 0.25) is 0 Å². The third-order valence-corrected chi connectivity index (χ3v) is 4.05. The maximum atomic E-state index is 11.7. The summed E-state index contributed by atoms with van der Waals surface area (Å²) < 4.78 is 5.22. The molecule has 1 atom stereocenters. The molecule has 0 aliphatic heterocycles. The first-order chi connectivity index (χ1) is 9.74. The van der Waals surface area contributed by atoms with Crippen LogP contribution in [0.5, 0.6) is 0 Å². The van der Waals surface area contributed by atoms with Gasteiger partial charge >= 0.3 is 6.09 Å². The lowest BCUT2D eigenvalue weighted by Gasteiger charge is -2.29. The molecule has 1 rings (SSSR count). The molecule has 0 heterocycles. The Labute approximate surface area is 129 Å². The second-order valence-electron chi connectivity index (χ2n) is 7.69. The van der Waals surface area contributed by atoms with Crippen LogP contribution in [0.25, 0.3) is 0 Å². The molecule has 1 saturated carbocycles. The Morgan fingerprint density at radius 2 is 1.71 bits per heavy atom. The molecule has 1 unspecified atom stereocenters. The number of ether oxygens (including phenoxy) is 1. The van der Waals surface area contributed by atoms with Gasteiger partial charge in [-0.1, -0.05) is 45.4 Å². The number of hydrogen-bond acceptors (Lipinski definition) is 3. The Bertz CT molecular complexity index is 340. The van der Waals surface area contributed by atoms with E-state index in [1.807, 2.05) is 27.7 Å². The predicted octanol–water partition coefficient (Wildman–Crippen LogP) is 4.08. The van der Waals surface area contributed by atoms with Crippen molar-refractivity contribution in [3.63, 3.8) is 0 Å². The molecule has 0 saturated heterocycles. The van der Waals surface area contributed by atoms with Crippen LogP contribution in [0.4, 0.5) is 4.79 Å². The van der Waals surface area contributed by atoms with Crippen molar-refractivity contribution in [1.29, 1.82) is 0 Å². The van der Waals surface area contributed by atoms with Gasteiger partial charge in [-0.2, -0.15) is 0 Å². The number of rotatable bonds is 5. The van der Waals surface area contributed by atoms with Gasteiger partial charge < -0.3 is 14.8 Å². The fourth-order valence-electron chi connectivity index (χ4n) is 2.98. The highest BCUT2D eigenvalue weighted by Gasteiger charge is 2.29. The summed E-state index contributed by atoms with van der Waals surface area (Å²) in [6, 6.07) is 0. The summed E-state index contributed by atoms with van der Waals surface area (Å²) in [6.45, 7) is 7.77. The predicted molar refractivity (Wildman–Crippen MR) is 84.2 cm³/mol. The minimum atomic E-state index is -0.511. The molecular weight excluding hydrogens is 266 g/mol. The molecule has 1 N–H and O–H groups in total. The second kappa shape index (κ2) is 7.81. The maximum Gasteiger partial charge on any atom is 0.407 e. The Balaban J connectivity index is 2.47. The fraction of sp³-hybridized carbons (Fsp3) is 0.882. The number of amides is 1. The molecule has 4 heteroatoms. The van der Waals surface area contributed by atoms with Gasteiger partial charge in [0.05, 0.1) is 0 Å². The van der Waals surface area contributed by atoms with E-state index in [-0.39, 0.29) is 0 Å². The number of hydrogen-bond donors (Lipinski definition) is 1. The van der Waals surface area contributed by atoms with Crippen molar-refractivity contribution in [2.75, 3.05) is 6.54 Å². The van der Waals surface area contributed by atoms with E-state index in [2.05, 4.69) is 5.32 Å². The minimum absolute atomic E-state index is 0.349. The van der Waals surface area contributed by atoms with Crippen LogP contribution in [0, 0.1) is 11.3 Å². The summed E-state index contributed by atoms with van der Waals surface area (Å²) in [5, 5.41) is 2.74. The number of nitrogens with one attached hydrogen (secondary N) is 1. The van der Waals surface area contributed by atoms with Gasteiger partial charge in [-0.15, -0.1) is 0 Å². The molecule has 0 bridgehead atoms. The van der Waals surface area contributed by atoms with E-state index in [4.69, 9.17) is 4.74 Å². The minimum Gasteiger partial charge on any atom is -0.444 e. The Morgan fingerprint density at radius 1 is 1.14 bits per heavy atom. The Morgan fingerprint density at radius 3 is 2.19 bits per heavy atom. The fourth-order valence-corrected chi connectivity index (χ4v) is 2.98. The van der Waals surface area contributed by atoms with Crippen LogP contribution < -0.4 is 5.32 Å². The zero-order valence-electron chi connectivity index (χ0n) is 14.0. The molecule has 4 nitrogen and oxygen atoms in total. The van der Waals surface area contributed by atoms with Gasteiger partial charge in [0.15, 0.2) is 0 Å². The van der Waals surface area contributed by atoms with Crippen LogP contribution in [0.1, 0.15) is 72.6 Å². The monoisotopic (exact) mass is 297 g/mol. The van der Waals surface area contributed by atoms with E-state index in [9.17, 15) is 9.59 Å². The molecule has 1 fully saturated rings. The highest BCUT2D eigenvalue weighted by molar-refractivity contribution is 5.69. The first-order valence-electron chi connectivity index (χ1n) is 8.17. The summed E-state index contributed by atoms with van der Waals surface area (Å²) in [7, 11) is 0. The van der Waals surface area contributed by atoms with Crippen LogP contribution in [0.15, 0.2) is 0 Å². The largest absolute Gasteiger partial charge is 0.444 e. The first kappa shape index (κ1) is 18.0. The van der Waals surface area contributed by atoms with E-state index < -0.39 is 17.1 Å².